The van der Waals surface area contributed by atoms with E-state index in [1.165, 1.54) is 30.4 Å². The van der Waals surface area contributed by atoms with E-state index in [2.05, 4.69) is 40.2 Å². The summed E-state index contributed by atoms with van der Waals surface area (Å²) in [6, 6.07) is 13.0. The van der Waals surface area contributed by atoms with E-state index in [1.807, 2.05) is 12.1 Å². The van der Waals surface area contributed by atoms with Gasteiger partial charge in [-0.05, 0) is 46.9 Å². The number of hydrogen-bond acceptors (Lipinski definition) is 5. The Morgan fingerprint density at radius 3 is 2.26 bits per heavy atom. The molecule has 1 aromatic heterocycles. The summed E-state index contributed by atoms with van der Waals surface area (Å²) in [5, 5.41) is 3.23. The molecule has 31 heavy (non-hydrogen) atoms. The fraction of sp³-hybridized carbons (Fsp3) is 0.238. The molecular formula is C21H20F3N3O3S. The first kappa shape index (κ1) is 22.5. The van der Waals surface area contributed by atoms with E-state index in [4.69, 9.17) is 0 Å². The number of nitrogens with zero attached hydrogens (tertiary/aromatic N) is 2. The SMILES string of the molecule is CC(C)(C)c1ccc(NS(=O)(=O)c2cccc(C=Cc3noc(C(F)(F)F)n3)c2)cc1. The lowest BCUT2D eigenvalue weighted by molar-refractivity contribution is -0.159. The lowest BCUT2D eigenvalue weighted by Crippen LogP contribution is -2.14. The lowest BCUT2D eigenvalue weighted by atomic mass is 9.87. The predicted octanol–water partition coefficient (Wildman–Crippen LogP) is 5.36. The largest absolute Gasteiger partial charge is 0.471 e. The van der Waals surface area contributed by atoms with E-state index in [0.717, 1.165) is 5.56 Å². The first-order chi connectivity index (χ1) is 14.3. The summed E-state index contributed by atoms with van der Waals surface area (Å²) in [6.45, 7) is 6.18. The molecule has 6 nitrogen and oxygen atoms in total. The molecule has 1 N–H and O–H groups in total. The van der Waals surface area contributed by atoms with Crippen molar-refractivity contribution in [1.29, 1.82) is 0 Å². The highest BCUT2D eigenvalue weighted by Crippen LogP contribution is 2.28. The van der Waals surface area contributed by atoms with Gasteiger partial charge in [0.2, 0.25) is 0 Å². The molecule has 0 unspecified atom stereocenters. The first-order valence-electron chi connectivity index (χ1n) is 9.17. The highest BCUT2D eigenvalue weighted by molar-refractivity contribution is 7.92. The molecule has 0 aliphatic heterocycles. The molecule has 0 aliphatic rings. The van der Waals surface area contributed by atoms with Gasteiger partial charge < -0.3 is 4.52 Å². The van der Waals surface area contributed by atoms with E-state index in [-0.39, 0.29) is 16.1 Å². The molecule has 0 amide bonds. The van der Waals surface area contributed by atoms with Crippen LogP contribution in [-0.4, -0.2) is 18.6 Å². The summed E-state index contributed by atoms with van der Waals surface area (Å²) in [5.74, 6) is -1.73. The third-order valence-electron chi connectivity index (χ3n) is 4.28. The third-order valence-corrected chi connectivity index (χ3v) is 5.66. The molecule has 10 heteroatoms. The van der Waals surface area contributed by atoms with Gasteiger partial charge in [-0.15, -0.1) is 0 Å². The van der Waals surface area contributed by atoms with Gasteiger partial charge in [0.05, 0.1) is 4.90 Å². The second-order valence-corrected chi connectivity index (χ2v) is 9.48. The van der Waals surface area contributed by atoms with Gasteiger partial charge in [0.25, 0.3) is 10.0 Å². The summed E-state index contributed by atoms with van der Waals surface area (Å²) in [6.07, 6.45) is -2.14. The Morgan fingerprint density at radius 2 is 1.68 bits per heavy atom. The van der Waals surface area contributed by atoms with Gasteiger partial charge in [-0.25, -0.2) is 8.42 Å². The molecule has 0 spiro atoms. The second kappa shape index (κ2) is 8.18. The van der Waals surface area contributed by atoms with Crippen molar-refractivity contribution in [3.8, 4) is 0 Å². The summed E-state index contributed by atoms with van der Waals surface area (Å²) < 4.78 is 69.7. The fourth-order valence-corrected chi connectivity index (χ4v) is 3.74. The molecule has 3 aromatic rings. The summed E-state index contributed by atoms with van der Waals surface area (Å²) >= 11 is 0. The maximum atomic E-state index is 12.7. The molecule has 0 bridgehead atoms. The average molecular weight is 451 g/mol. The number of rotatable bonds is 5. The van der Waals surface area contributed by atoms with Crippen LogP contribution in [0, 0.1) is 0 Å². The lowest BCUT2D eigenvalue weighted by Gasteiger charge is -2.19. The van der Waals surface area contributed by atoms with Crippen LogP contribution in [0.1, 0.15) is 43.6 Å². The number of halogens is 3. The maximum absolute atomic E-state index is 12.7. The zero-order chi connectivity index (χ0) is 22.9. The van der Waals surface area contributed by atoms with Crippen LogP contribution in [0.4, 0.5) is 18.9 Å². The van der Waals surface area contributed by atoms with Crippen molar-refractivity contribution in [3.05, 3.63) is 71.4 Å². The Labute approximate surface area is 177 Å². The van der Waals surface area contributed by atoms with Crippen LogP contribution in [0.2, 0.25) is 0 Å². The quantitative estimate of drug-likeness (QED) is 0.565. The van der Waals surface area contributed by atoms with E-state index in [9.17, 15) is 21.6 Å². The summed E-state index contributed by atoms with van der Waals surface area (Å²) in [4.78, 5) is 3.23. The van der Waals surface area contributed by atoms with Gasteiger partial charge in [-0.1, -0.05) is 56.3 Å². The predicted molar refractivity (Wildman–Crippen MR) is 111 cm³/mol. The molecular weight excluding hydrogens is 431 g/mol. The zero-order valence-corrected chi connectivity index (χ0v) is 17.8. The van der Waals surface area contributed by atoms with Gasteiger partial charge in [0.15, 0.2) is 5.82 Å². The van der Waals surface area contributed by atoms with E-state index < -0.39 is 22.1 Å². The Hall–Kier alpha value is -3.14. The second-order valence-electron chi connectivity index (χ2n) is 7.79. The number of sulfonamides is 1. The molecule has 3 rings (SSSR count). The van der Waals surface area contributed by atoms with Crippen LogP contribution in [-0.2, 0) is 21.6 Å². The normalized spacial score (nSPS) is 13.0. The minimum atomic E-state index is -4.73. The molecule has 0 saturated heterocycles. The number of hydrogen-bond donors (Lipinski definition) is 1. The van der Waals surface area contributed by atoms with Crippen molar-refractivity contribution in [1.82, 2.24) is 10.1 Å². The number of alkyl halides is 3. The molecule has 0 aliphatic carbocycles. The minimum absolute atomic E-state index is 0.00126. The summed E-state index contributed by atoms with van der Waals surface area (Å²) in [7, 11) is -3.86. The molecule has 0 radical (unpaired) electrons. The van der Waals surface area contributed by atoms with Gasteiger partial charge in [-0.3, -0.25) is 4.72 Å². The highest BCUT2D eigenvalue weighted by atomic mass is 32.2. The maximum Gasteiger partial charge on any atom is 0.471 e. The number of benzene rings is 2. The smallest absolute Gasteiger partial charge is 0.329 e. The van der Waals surface area contributed by atoms with Crippen molar-refractivity contribution >= 4 is 27.9 Å². The standard InChI is InChI=1S/C21H20F3N3O3S/c1-20(2,3)15-8-10-16(11-9-15)27-31(28,29)17-6-4-5-14(13-17)7-12-18-25-19(30-26-18)21(22,23)24/h4-13,27H,1-3H3. The van der Waals surface area contributed by atoms with Gasteiger partial charge in [-0.2, -0.15) is 18.2 Å². The third kappa shape index (κ3) is 5.72. The molecule has 0 fully saturated rings. The van der Waals surface area contributed by atoms with Gasteiger partial charge >= 0.3 is 12.1 Å². The Bertz CT molecular complexity index is 1190. The van der Waals surface area contributed by atoms with Crippen molar-refractivity contribution in [2.24, 2.45) is 0 Å². The molecule has 1 heterocycles. The van der Waals surface area contributed by atoms with Gasteiger partial charge in [0, 0.05) is 5.69 Å². The van der Waals surface area contributed by atoms with Crippen LogP contribution in [0.15, 0.2) is 57.9 Å². The van der Waals surface area contributed by atoms with Crippen LogP contribution in [0.25, 0.3) is 12.2 Å². The Morgan fingerprint density at radius 1 is 1.00 bits per heavy atom. The monoisotopic (exact) mass is 451 g/mol. The van der Waals surface area contributed by atoms with E-state index >= 15 is 0 Å². The van der Waals surface area contributed by atoms with Crippen molar-refractivity contribution in [2.45, 2.75) is 37.3 Å². The molecule has 0 saturated carbocycles. The van der Waals surface area contributed by atoms with Crippen LogP contribution in [0.3, 0.4) is 0 Å². The van der Waals surface area contributed by atoms with Crippen molar-refractivity contribution in [2.75, 3.05) is 4.72 Å². The summed E-state index contributed by atoms with van der Waals surface area (Å²) in [5.41, 5.74) is 1.86. The number of nitrogens with one attached hydrogen (secondary N) is 1. The number of anilines is 1. The van der Waals surface area contributed by atoms with E-state index in [1.54, 1.807) is 18.2 Å². The van der Waals surface area contributed by atoms with E-state index in [0.29, 0.717) is 11.3 Å². The Balaban J connectivity index is 1.77. The molecule has 0 atom stereocenters. The van der Waals surface area contributed by atoms with Crippen LogP contribution in [0.5, 0.6) is 0 Å². The van der Waals surface area contributed by atoms with Crippen LogP contribution < -0.4 is 4.72 Å². The Kier molecular flexibility index (Phi) is 5.95. The average Bonchev–Trinajstić information content (AvgIpc) is 3.16. The fourth-order valence-electron chi connectivity index (χ4n) is 2.63. The first-order valence-corrected chi connectivity index (χ1v) is 10.7. The van der Waals surface area contributed by atoms with Crippen molar-refractivity contribution in [3.63, 3.8) is 0 Å². The van der Waals surface area contributed by atoms with Crippen molar-refractivity contribution < 1.29 is 26.1 Å². The highest BCUT2D eigenvalue weighted by Gasteiger charge is 2.38. The molecule has 2 aromatic carbocycles. The zero-order valence-electron chi connectivity index (χ0n) is 16.9. The topological polar surface area (TPSA) is 85.1 Å². The van der Waals surface area contributed by atoms with Crippen LogP contribution >= 0.6 is 0 Å². The van der Waals surface area contributed by atoms with Gasteiger partial charge in [0.1, 0.15) is 0 Å². The minimum Gasteiger partial charge on any atom is -0.329 e. The number of aromatic nitrogens is 2. The molecule has 164 valence electrons.